The van der Waals surface area contributed by atoms with E-state index in [4.69, 9.17) is 9.47 Å². The highest BCUT2D eigenvalue weighted by Crippen LogP contribution is 2.24. The highest BCUT2D eigenvalue weighted by Gasteiger charge is 2.23. The van der Waals surface area contributed by atoms with Crippen molar-refractivity contribution >= 4 is 17.6 Å². The molecule has 1 aliphatic rings. The summed E-state index contributed by atoms with van der Waals surface area (Å²) in [5.41, 5.74) is 5.81. The molecule has 0 atom stereocenters. The molecule has 0 N–H and O–H groups in total. The molecule has 1 saturated heterocycles. The maximum absolute atomic E-state index is 12.2. The van der Waals surface area contributed by atoms with Crippen LogP contribution in [0.3, 0.4) is 0 Å². The Morgan fingerprint density at radius 1 is 0.735 bits per heavy atom. The van der Waals surface area contributed by atoms with Crippen molar-refractivity contribution in [1.29, 1.82) is 0 Å². The molecule has 5 heteroatoms. The second kappa shape index (κ2) is 11.0. The van der Waals surface area contributed by atoms with Gasteiger partial charge in [-0.2, -0.15) is 0 Å². The molecule has 1 aliphatic heterocycles. The van der Waals surface area contributed by atoms with Crippen LogP contribution in [-0.2, 0) is 14.3 Å². The van der Waals surface area contributed by atoms with Gasteiger partial charge in [0.1, 0.15) is 11.9 Å². The molecule has 5 nitrogen and oxygen atoms in total. The van der Waals surface area contributed by atoms with Gasteiger partial charge in [0.2, 0.25) is 0 Å². The van der Waals surface area contributed by atoms with Gasteiger partial charge < -0.3 is 14.4 Å². The number of hydrogen-bond acceptors (Lipinski definition) is 5. The quantitative estimate of drug-likeness (QED) is 0.328. The SMILES string of the molecule is Cc1ccc(-c2ccc(OC(=O)CCC(=O)OC3CCN(c4ccc(C)cc4)CC3)cc2)cc1. The summed E-state index contributed by atoms with van der Waals surface area (Å²) in [5.74, 6) is -0.313. The summed E-state index contributed by atoms with van der Waals surface area (Å²) >= 11 is 0. The number of carbonyl (C=O) groups is 2. The number of anilines is 1. The molecule has 1 heterocycles. The molecule has 34 heavy (non-hydrogen) atoms. The number of aryl methyl sites for hydroxylation is 2. The second-order valence-electron chi connectivity index (χ2n) is 8.88. The molecule has 176 valence electrons. The van der Waals surface area contributed by atoms with Crippen molar-refractivity contribution < 1.29 is 19.1 Å². The van der Waals surface area contributed by atoms with Gasteiger partial charge in [-0.3, -0.25) is 9.59 Å². The fourth-order valence-corrected chi connectivity index (χ4v) is 4.08. The molecule has 3 aromatic rings. The summed E-state index contributed by atoms with van der Waals surface area (Å²) in [4.78, 5) is 26.7. The van der Waals surface area contributed by atoms with Gasteiger partial charge in [-0.25, -0.2) is 0 Å². The van der Waals surface area contributed by atoms with Gasteiger partial charge in [0, 0.05) is 31.6 Å². The second-order valence-corrected chi connectivity index (χ2v) is 8.88. The Labute approximate surface area is 201 Å². The first-order chi connectivity index (χ1) is 16.5. The number of carbonyl (C=O) groups excluding carboxylic acids is 2. The van der Waals surface area contributed by atoms with E-state index in [0.29, 0.717) is 5.75 Å². The molecule has 0 unspecified atom stereocenters. The largest absolute Gasteiger partial charge is 0.462 e. The first-order valence-electron chi connectivity index (χ1n) is 11.9. The van der Waals surface area contributed by atoms with E-state index in [9.17, 15) is 9.59 Å². The molecule has 0 bridgehead atoms. The van der Waals surface area contributed by atoms with Gasteiger partial charge in [-0.1, -0.05) is 59.7 Å². The Balaban J connectivity index is 1.17. The minimum atomic E-state index is -0.436. The van der Waals surface area contributed by atoms with Crippen LogP contribution in [0.25, 0.3) is 11.1 Å². The lowest BCUT2D eigenvalue weighted by molar-refractivity contribution is -0.152. The van der Waals surface area contributed by atoms with Crippen molar-refractivity contribution in [2.75, 3.05) is 18.0 Å². The molecular formula is C29H31NO4. The summed E-state index contributed by atoms with van der Waals surface area (Å²) < 4.78 is 11.0. The fraction of sp³-hybridized carbons (Fsp3) is 0.310. The van der Waals surface area contributed by atoms with E-state index in [0.717, 1.165) is 37.1 Å². The molecule has 0 amide bonds. The summed E-state index contributed by atoms with van der Waals surface area (Å²) in [5, 5.41) is 0. The van der Waals surface area contributed by atoms with Crippen LogP contribution in [0.15, 0.2) is 72.8 Å². The Morgan fingerprint density at radius 3 is 1.82 bits per heavy atom. The van der Waals surface area contributed by atoms with Crippen LogP contribution in [0.4, 0.5) is 5.69 Å². The molecule has 0 aromatic heterocycles. The van der Waals surface area contributed by atoms with Crippen LogP contribution in [0.2, 0.25) is 0 Å². The summed E-state index contributed by atoms with van der Waals surface area (Å²) in [6.45, 7) is 5.83. The third-order valence-electron chi connectivity index (χ3n) is 6.14. The number of esters is 2. The van der Waals surface area contributed by atoms with Crippen LogP contribution >= 0.6 is 0 Å². The Morgan fingerprint density at radius 2 is 1.24 bits per heavy atom. The Kier molecular flexibility index (Phi) is 7.63. The topological polar surface area (TPSA) is 55.8 Å². The van der Waals surface area contributed by atoms with E-state index in [2.05, 4.69) is 67.3 Å². The number of ether oxygens (including phenoxy) is 2. The van der Waals surface area contributed by atoms with E-state index in [1.54, 1.807) is 12.1 Å². The van der Waals surface area contributed by atoms with Crippen LogP contribution < -0.4 is 9.64 Å². The first-order valence-corrected chi connectivity index (χ1v) is 11.9. The third-order valence-corrected chi connectivity index (χ3v) is 6.14. The van der Waals surface area contributed by atoms with Gasteiger partial charge in [0.25, 0.3) is 0 Å². The monoisotopic (exact) mass is 457 g/mol. The lowest BCUT2D eigenvalue weighted by atomic mass is 10.0. The predicted molar refractivity (Wildman–Crippen MR) is 134 cm³/mol. The van der Waals surface area contributed by atoms with Gasteiger partial charge in [0.15, 0.2) is 0 Å². The highest BCUT2D eigenvalue weighted by atomic mass is 16.5. The number of benzene rings is 3. The smallest absolute Gasteiger partial charge is 0.311 e. The first kappa shape index (κ1) is 23.6. The summed E-state index contributed by atoms with van der Waals surface area (Å²) in [6, 6.07) is 24.1. The van der Waals surface area contributed by atoms with E-state index in [1.165, 1.54) is 16.8 Å². The molecule has 4 rings (SSSR count). The van der Waals surface area contributed by atoms with E-state index in [-0.39, 0.29) is 24.9 Å². The molecule has 1 fully saturated rings. The Bertz CT molecular complexity index is 1100. The molecule has 0 aliphatic carbocycles. The number of rotatable bonds is 7. The normalized spacial score (nSPS) is 14.0. The standard InChI is InChI=1S/C29H31NO4/c1-21-3-7-23(8-4-21)24-9-13-26(14-10-24)33-28(31)15-16-29(32)34-27-17-19-30(20-18-27)25-11-5-22(2)6-12-25/h3-14,27H,15-20H2,1-2H3. The lowest BCUT2D eigenvalue weighted by Gasteiger charge is -2.33. The van der Waals surface area contributed by atoms with Crippen LogP contribution in [0, 0.1) is 13.8 Å². The number of hydrogen-bond donors (Lipinski definition) is 0. The maximum Gasteiger partial charge on any atom is 0.311 e. The van der Waals surface area contributed by atoms with Gasteiger partial charge in [-0.05, 0) is 49.2 Å². The van der Waals surface area contributed by atoms with Crippen molar-refractivity contribution in [3.63, 3.8) is 0 Å². The van der Waals surface area contributed by atoms with Crippen molar-refractivity contribution in [3.05, 3.63) is 83.9 Å². The van der Waals surface area contributed by atoms with E-state index in [1.807, 2.05) is 12.1 Å². The van der Waals surface area contributed by atoms with Gasteiger partial charge in [0.05, 0.1) is 12.8 Å². The number of nitrogens with zero attached hydrogens (tertiary/aromatic N) is 1. The Hall–Kier alpha value is -3.60. The van der Waals surface area contributed by atoms with Crippen LogP contribution in [-0.4, -0.2) is 31.1 Å². The maximum atomic E-state index is 12.2. The minimum Gasteiger partial charge on any atom is -0.462 e. The third kappa shape index (κ3) is 6.47. The van der Waals surface area contributed by atoms with E-state index < -0.39 is 5.97 Å². The van der Waals surface area contributed by atoms with Gasteiger partial charge >= 0.3 is 11.9 Å². The van der Waals surface area contributed by atoms with Crippen molar-refractivity contribution in [2.45, 2.75) is 45.6 Å². The van der Waals surface area contributed by atoms with Crippen molar-refractivity contribution in [2.24, 2.45) is 0 Å². The average molecular weight is 458 g/mol. The molecule has 0 radical (unpaired) electrons. The summed E-state index contributed by atoms with van der Waals surface area (Å²) in [6.07, 6.45) is 1.51. The molecular weight excluding hydrogens is 426 g/mol. The zero-order chi connectivity index (χ0) is 23.9. The fourth-order valence-electron chi connectivity index (χ4n) is 4.08. The minimum absolute atomic E-state index is 0.000752. The highest BCUT2D eigenvalue weighted by molar-refractivity contribution is 5.79. The zero-order valence-electron chi connectivity index (χ0n) is 19.8. The zero-order valence-corrected chi connectivity index (χ0v) is 19.8. The van der Waals surface area contributed by atoms with Crippen molar-refractivity contribution in [1.82, 2.24) is 0 Å². The molecule has 0 saturated carbocycles. The summed E-state index contributed by atoms with van der Waals surface area (Å²) in [7, 11) is 0. The van der Waals surface area contributed by atoms with Gasteiger partial charge in [-0.15, -0.1) is 0 Å². The van der Waals surface area contributed by atoms with Crippen molar-refractivity contribution in [3.8, 4) is 16.9 Å². The van der Waals surface area contributed by atoms with E-state index >= 15 is 0 Å². The van der Waals surface area contributed by atoms with Crippen LogP contribution in [0.5, 0.6) is 5.75 Å². The van der Waals surface area contributed by atoms with Crippen LogP contribution in [0.1, 0.15) is 36.8 Å². The lowest BCUT2D eigenvalue weighted by Crippen LogP contribution is -2.37. The average Bonchev–Trinajstić information content (AvgIpc) is 2.85. The molecule has 0 spiro atoms. The predicted octanol–water partition coefficient (Wildman–Crippen LogP) is 5.87. The number of piperidine rings is 1. The molecule has 3 aromatic carbocycles.